The van der Waals surface area contributed by atoms with Crippen molar-refractivity contribution in [3.8, 4) is 11.5 Å². The quantitative estimate of drug-likeness (QED) is 0.431. The van der Waals surface area contributed by atoms with Gasteiger partial charge in [0.15, 0.2) is 0 Å². The Bertz CT molecular complexity index is 1210. The van der Waals surface area contributed by atoms with Crippen LogP contribution in [0.1, 0.15) is 11.1 Å². The van der Waals surface area contributed by atoms with Crippen molar-refractivity contribution in [3.63, 3.8) is 0 Å². The summed E-state index contributed by atoms with van der Waals surface area (Å²) in [6.45, 7) is 5.81. The van der Waals surface area contributed by atoms with Crippen LogP contribution >= 0.6 is 0 Å². The highest BCUT2D eigenvalue weighted by Gasteiger charge is 2.42. The van der Waals surface area contributed by atoms with Crippen LogP contribution in [0.2, 0.25) is 0 Å². The smallest absolute Gasteiger partial charge is 0.519 e. The topological polar surface area (TPSA) is 24.9 Å². The molecule has 0 aliphatic carbocycles. The highest BCUT2D eigenvalue weighted by molar-refractivity contribution is 6.74. The zero-order valence-electron chi connectivity index (χ0n) is 19.5. The van der Waals surface area contributed by atoms with Crippen LogP contribution in [0.3, 0.4) is 0 Å². The number of anilines is 2. The minimum atomic E-state index is -0.144. The second-order valence-electron chi connectivity index (χ2n) is 9.09. The van der Waals surface area contributed by atoms with E-state index in [1.807, 2.05) is 12.1 Å². The van der Waals surface area contributed by atoms with Crippen molar-refractivity contribution in [3.05, 3.63) is 108 Å². The van der Waals surface area contributed by atoms with Gasteiger partial charge in [-0.05, 0) is 60.2 Å². The summed E-state index contributed by atoms with van der Waals surface area (Å²) >= 11 is 0. The predicted octanol–water partition coefficient (Wildman–Crippen LogP) is 4.19. The average Bonchev–Trinajstić information content (AvgIpc) is 3.41. The third kappa shape index (κ3) is 3.69. The maximum atomic E-state index is 6.47. The van der Waals surface area contributed by atoms with Crippen LogP contribution in [0, 0.1) is 13.8 Å². The SMILES string of the molecule is Cc1ccc2c(c1)OB(c1ccccc1)N2CCN1B(c2ccccc2)Oc2cc(C)ccc21. The lowest BCUT2D eigenvalue weighted by molar-refractivity contribution is 0.597. The fourth-order valence-corrected chi connectivity index (χ4v) is 4.95. The van der Waals surface area contributed by atoms with Crippen LogP contribution in [0.4, 0.5) is 11.4 Å². The average molecular weight is 444 g/mol. The molecule has 0 unspecified atom stereocenters. The Morgan fingerprint density at radius 3 is 1.38 bits per heavy atom. The third-order valence-electron chi connectivity index (χ3n) is 6.64. The van der Waals surface area contributed by atoms with Gasteiger partial charge in [0.1, 0.15) is 11.5 Å². The second-order valence-corrected chi connectivity index (χ2v) is 9.09. The van der Waals surface area contributed by atoms with Crippen molar-refractivity contribution >= 4 is 36.4 Å². The molecule has 6 heteroatoms. The number of benzene rings is 4. The maximum absolute atomic E-state index is 6.47. The molecule has 4 aromatic rings. The van der Waals surface area contributed by atoms with E-state index in [0.29, 0.717) is 0 Å². The van der Waals surface area contributed by atoms with Crippen molar-refractivity contribution in [1.82, 2.24) is 0 Å². The van der Waals surface area contributed by atoms with Crippen molar-refractivity contribution < 1.29 is 9.31 Å². The predicted molar refractivity (Wildman–Crippen MR) is 142 cm³/mol. The summed E-state index contributed by atoms with van der Waals surface area (Å²) in [5.41, 5.74) is 7.00. The molecule has 0 saturated carbocycles. The van der Waals surface area contributed by atoms with Gasteiger partial charge in [-0.15, -0.1) is 0 Å². The monoisotopic (exact) mass is 444 g/mol. The van der Waals surface area contributed by atoms with Crippen LogP contribution < -0.4 is 29.9 Å². The molecule has 0 amide bonds. The van der Waals surface area contributed by atoms with E-state index in [9.17, 15) is 0 Å². The van der Waals surface area contributed by atoms with E-state index in [4.69, 9.17) is 9.31 Å². The molecular weight excluding hydrogens is 418 g/mol. The van der Waals surface area contributed by atoms with Crippen molar-refractivity contribution in [2.24, 2.45) is 0 Å². The first-order valence-electron chi connectivity index (χ1n) is 11.9. The van der Waals surface area contributed by atoms with Gasteiger partial charge in [-0.3, -0.25) is 0 Å². The van der Waals surface area contributed by atoms with Gasteiger partial charge in [-0.2, -0.15) is 0 Å². The summed E-state index contributed by atoms with van der Waals surface area (Å²) in [5.74, 6) is 1.89. The van der Waals surface area contributed by atoms with Crippen molar-refractivity contribution in [2.75, 3.05) is 22.7 Å². The normalized spacial score (nSPS) is 14.1. The van der Waals surface area contributed by atoms with Gasteiger partial charge in [-0.1, -0.05) is 72.8 Å². The fourth-order valence-electron chi connectivity index (χ4n) is 4.95. The van der Waals surface area contributed by atoms with E-state index in [1.54, 1.807) is 0 Å². The van der Waals surface area contributed by atoms with E-state index in [-0.39, 0.29) is 14.1 Å². The van der Waals surface area contributed by atoms with Gasteiger partial charge in [0.05, 0.1) is 11.4 Å². The molecule has 0 N–H and O–H groups in total. The molecule has 0 spiro atoms. The molecule has 0 fully saturated rings. The summed E-state index contributed by atoms with van der Waals surface area (Å²) in [7, 11) is -0.289. The van der Waals surface area contributed by atoms with E-state index in [1.165, 1.54) is 11.1 Å². The Kier molecular flexibility index (Phi) is 5.21. The van der Waals surface area contributed by atoms with E-state index >= 15 is 0 Å². The van der Waals surface area contributed by atoms with E-state index in [0.717, 1.165) is 46.9 Å². The number of hydrogen-bond acceptors (Lipinski definition) is 4. The van der Waals surface area contributed by atoms with Crippen LogP contribution in [0.25, 0.3) is 0 Å². The minimum absolute atomic E-state index is 0.144. The molecule has 2 aliphatic heterocycles. The van der Waals surface area contributed by atoms with Gasteiger partial charge in [-0.25, -0.2) is 0 Å². The Hall–Kier alpha value is -3.79. The lowest BCUT2D eigenvalue weighted by Gasteiger charge is -2.28. The number of rotatable bonds is 5. The largest absolute Gasteiger partial charge is 0.536 e. The van der Waals surface area contributed by atoms with Crippen LogP contribution in [-0.2, 0) is 0 Å². The van der Waals surface area contributed by atoms with Crippen LogP contribution in [0.15, 0.2) is 97.1 Å². The number of nitrogens with zero attached hydrogens (tertiary/aromatic N) is 2. The highest BCUT2D eigenvalue weighted by atomic mass is 16.5. The number of hydrogen-bond donors (Lipinski definition) is 0. The molecule has 0 bridgehead atoms. The van der Waals surface area contributed by atoms with Gasteiger partial charge < -0.3 is 18.9 Å². The molecule has 4 aromatic carbocycles. The van der Waals surface area contributed by atoms with Crippen molar-refractivity contribution in [1.29, 1.82) is 0 Å². The first kappa shape index (κ1) is 20.8. The Balaban J connectivity index is 1.33. The molecule has 0 radical (unpaired) electrons. The molecule has 4 nitrogen and oxygen atoms in total. The summed E-state index contributed by atoms with van der Waals surface area (Å²) < 4.78 is 12.9. The zero-order chi connectivity index (χ0) is 23.1. The Labute approximate surface area is 202 Å². The molecule has 6 rings (SSSR count). The standard InChI is InChI=1S/C28H26B2N2O2/c1-21-13-15-25-27(19-21)33-29(23-9-5-3-6-10-23)31(25)17-18-32-26-16-14-22(2)20-28(26)34-30(32)24-11-7-4-8-12-24/h3-16,19-20H,17-18H2,1-2H3. The van der Waals surface area contributed by atoms with Gasteiger partial charge in [0.25, 0.3) is 0 Å². The lowest BCUT2D eigenvalue weighted by Crippen LogP contribution is -2.55. The molecule has 0 saturated heterocycles. The summed E-state index contributed by atoms with van der Waals surface area (Å²) in [6.07, 6.45) is 0. The fraction of sp³-hybridized carbons (Fsp3) is 0.143. The molecule has 0 atom stereocenters. The second kappa shape index (κ2) is 8.53. The first-order valence-corrected chi connectivity index (χ1v) is 11.9. The summed E-state index contributed by atoms with van der Waals surface area (Å²) in [6, 6.07) is 33.9. The van der Waals surface area contributed by atoms with Crippen LogP contribution in [0.5, 0.6) is 11.5 Å². The molecular formula is C28H26B2N2O2. The van der Waals surface area contributed by atoms with E-state index < -0.39 is 0 Å². The molecule has 166 valence electrons. The highest BCUT2D eigenvalue weighted by Crippen LogP contribution is 2.38. The number of aryl methyl sites for hydroxylation is 2. The molecule has 0 aromatic heterocycles. The zero-order valence-corrected chi connectivity index (χ0v) is 19.5. The molecule has 2 aliphatic rings. The van der Waals surface area contributed by atoms with Gasteiger partial charge in [0.2, 0.25) is 0 Å². The van der Waals surface area contributed by atoms with Gasteiger partial charge >= 0.3 is 14.1 Å². The summed E-state index contributed by atoms with van der Waals surface area (Å²) in [4.78, 5) is 4.75. The van der Waals surface area contributed by atoms with Crippen molar-refractivity contribution in [2.45, 2.75) is 13.8 Å². The lowest BCUT2D eigenvalue weighted by atomic mass is 9.70. The number of fused-ring (bicyclic) bond motifs is 2. The first-order chi connectivity index (χ1) is 16.7. The Morgan fingerprint density at radius 2 is 0.971 bits per heavy atom. The molecule has 2 heterocycles. The maximum Gasteiger partial charge on any atom is 0.519 e. The Morgan fingerprint density at radius 1 is 0.559 bits per heavy atom. The third-order valence-corrected chi connectivity index (χ3v) is 6.64. The molecule has 34 heavy (non-hydrogen) atoms. The van der Waals surface area contributed by atoms with Crippen LogP contribution in [-0.4, -0.2) is 27.2 Å². The van der Waals surface area contributed by atoms with E-state index in [2.05, 4.69) is 108 Å². The summed E-state index contributed by atoms with van der Waals surface area (Å²) in [5, 5.41) is 0. The van der Waals surface area contributed by atoms with Gasteiger partial charge in [0, 0.05) is 13.1 Å². The minimum Gasteiger partial charge on any atom is -0.536 e.